The van der Waals surface area contributed by atoms with Crippen molar-refractivity contribution in [2.24, 2.45) is 0 Å². The van der Waals surface area contributed by atoms with E-state index < -0.39 is 35.3 Å². The summed E-state index contributed by atoms with van der Waals surface area (Å²) in [6.45, 7) is 0.169. The molecule has 2 amide bonds. The van der Waals surface area contributed by atoms with Gasteiger partial charge in [-0.2, -0.15) is 13.2 Å². The maximum absolute atomic E-state index is 13.5. The van der Waals surface area contributed by atoms with E-state index in [9.17, 15) is 27.2 Å². The zero-order chi connectivity index (χ0) is 22.8. The van der Waals surface area contributed by atoms with Crippen LogP contribution in [-0.2, 0) is 6.18 Å². The predicted octanol–water partition coefficient (Wildman–Crippen LogP) is 4.16. The molecule has 2 aromatic rings. The third-order valence-corrected chi connectivity index (χ3v) is 4.87. The molecule has 3 rings (SSSR count). The lowest BCUT2D eigenvalue weighted by molar-refractivity contribution is -0.137. The Morgan fingerprint density at radius 2 is 1.84 bits per heavy atom. The molecule has 0 bridgehead atoms. The number of halogens is 4. The first-order valence-corrected chi connectivity index (χ1v) is 9.32. The fraction of sp³-hybridized carbons (Fsp3) is 0.333. The molecule has 0 aromatic heterocycles. The molecule has 0 saturated carbocycles. The van der Waals surface area contributed by atoms with Gasteiger partial charge in [0, 0.05) is 12.1 Å². The molecule has 1 fully saturated rings. The van der Waals surface area contributed by atoms with E-state index in [1.165, 1.54) is 43.4 Å². The average Bonchev–Trinajstić information content (AvgIpc) is 3.18. The monoisotopic (exact) mass is 440 g/mol. The lowest BCUT2D eigenvalue weighted by Gasteiger charge is -2.19. The van der Waals surface area contributed by atoms with Crippen LogP contribution in [0.2, 0.25) is 0 Å². The van der Waals surface area contributed by atoms with Crippen molar-refractivity contribution in [3.63, 3.8) is 0 Å². The maximum Gasteiger partial charge on any atom is 0.417 e. The van der Waals surface area contributed by atoms with Crippen LogP contribution >= 0.6 is 0 Å². The van der Waals surface area contributed by atoms with Crippen LogP contribution in [0.25, 0.3) is 0 Å². The maximum atomic E-state index is 13.5. The molecule has 0 radical (unpaired) electrons. The van der Waals surface area contributed by atoms with Crippen molar-refractivity contribution in [3.8, 4) is 11.5 Å². The minimum atomic E-state index is -4.73. The second kappa shape index (κ2) is 8.83. The normalized spacial score (nSPS) is 16.2. The van der Waals surface area contributed by atoms with E-state index in [1.54, 1.807) is 0 Å². The fourth-order valence-corrected chi connectivity index (χ4v) is 3.38. The van der Waals surface area contributed by atoms with Gasteiger partial charge in [0.15, 0.2) is 11.5 Å². The van der Waals surface area contributed by atoms with Crippen molar-refractivity contribution in [2.45, 2.75) is 18.8 Å². The molecule has 2 aromatic carbocycles. The lowest BCUT2D eigenvalue weighted by atomic mass is 10.1. The Balaban J connectivity index is 1.99. The smallest absolute Gasteiger partial charge is 0.417 e. The summed E-state index contributed by atoms with van der Waals surface area (Å²) in [5.41, 5.74) is -1.67. The number of rotatable bonds is 5. The van der Waals surface area contributed by atoms with E-state index in [-0.39, 0.29) is 42.3 Å². The number of nitrogens with one attached hydrogen (secondary N) is 1. The topological polar surface area (TPSA) is 67.9 Å². The lowest BCUT2D eigenvalue weighted by Crippen LogP contribution is -2.29. The minimum absolute atomic E-state index is 0.0293. The van der Waals surface area contributed by atoms with E-state index in [1.807, 2.05) is 0 Å². The Bertz CT molecular complexity index is 994. The molecular weight excluding hydrogens is 420 g/mol. The number of hydrogen-bond acceptors (Lipinski definition) is 4. The quantitative estimate of drug-likeness (QED) is 0.710. The van der Waals surface area contributed by atoms with Crippen molar-refractivity contribution in [1.29, 1.82) is 0 Å². The van der Waals surface area contributed by atoms with Gasteiger partial charge in [-0.3, -0.25) is 9.59 Å². The summed E-state index contributed by atoms with van der Waals surface area (Å²) >= 11 is 0. The van der Waals surface area contributed by atoms with Crippen LogP contribution in [0, 0.1) is 0 Å². The molecule has 1 aliphatic rings. The molecule has 1 heterocycles. The Hall–Kier alpha value is -3.30. The number of carbonyl (C=O) groups is 2. The largest absolute Gasteiger partial charge is 0.493 e. The molecular formula is C21H20F4N2O4. The van der Waals surface area contributed by atoms with Crippen LogP contribution in [0.5, 0.6) is 11.5 Å². The molecule has 0 unspecified atom stereocenters. The first kappa shape index (κ1) is 22.4. The van der Waals surface area contributed by atoms with Crippen molar-refractivity contribution < 1.29 is 36.6 Å². The number of alkyl halides is 4. The number of likely N-dealkylation sites (tertiary alicyclic amines) is 1. The van der Waals surface area contributed by atoms with E-state index in [4.69, 9.17) is 9.47 Å². The molecule has 0 spiro atoms. The molecule has 10 heteroatoms. The van der Waals surface area contributed by atoms with Gasteiger partial charge in [0.05, 0.1) is 37.6 Å². The number of hydrogen-bond donors (Lipinski definition) is 1. The van der Waals surface area contributed by atoms with Crippen molar-refractivity contribution in [3.05, 3.63) is 53.1 Å². The number of nitrogens with zero attached hydrogens (tertiary/aromatic N) is 1. The second-order valence-corrected chi connectivity index (χ2v) is 6.89. The van der Waals surface area contributed by atoms with Gasteiger partial charge in [0.2, 0.25) is 0 Å². The number of methoxy groups -OCH3 is 2. The number of ether oxygens (including phenoxy) is 2. The minimum Gasteiger partial charge on any atom is -0.493 e. The molecule has 166 valence electrons. The van der Waals surface area contributed by atoms with Crippen LogP contribution in [0.1, 0.15) is 32.7 Å². The molecule has 1 atom stereocenters. The van der Waals surface area contributed by atoms with Gasteiger partial charge in [-0.05, 0) is 30.7 Å². The standard InChI is InChI=1S/C21H20F4N2O4/c1-30-17-10-12(20(29)27-8-7-13(22)11-27)9-16(18(17)31-2)26-19(28)14-5-3-4-6-15(14)21(23,24)25/h3-6,9-10,13H,7-8,11H2,1-2H3,(H,26,28)/t13-/m0/s1. The van der Waals surface area contributed by atoms with Gasteiger partial charge < -0.3 is 19.7 Å². The van der Waals surface area contributed by atoms with Crippen molar-refractivity contribution in [1.82, 2.24) is 4.90 Å². The summed E-state index contributed by atoms with van der Waals surface area (Å²) in [6, 6.07) is 6.96. The molecule has 6 nitrogen and oxygen atoms in total. The Morgan fingerprint density at radius 1 is 1.13 bits per heavy atom. The third-order valence-electron chi connectivity index (χ3n) is 4.87. The van der Waals surface area contributed by atoms with Crippen molar-refractivity contribution in [2.75, 3.05) is 32.6 Å². The number of amides is 2. The van der Waals surface area contributed by atoms with Crippen LogP contribution in [0.4, 0.5) is 23.2 Å². The average molecular weight is 440 g/mol. The van der Waals surface area contributed by atoms with Gasteiger partial charge in [0.25, 0.3) is 11.8 Å². The molecule has 1 saturated heterocycles. The highest BCUT2D eigenvalue weighted by Crippen LogP contribution is 2.38. The van der Waals surface area contributed by atoms with E-state index >= 15 is 0 Å². The van der Waals surface area contributed by atoms with E-state index in [0.29, 0.717) is 0 Å². The molecule has 31 heavy (non-hydrogen) atoms. The predicted molar refractivity (Wildman–Crippen MR) is 104 cm³/mol. The number of benzene rings is 2. The summed E-state index contributed by atoms with van der Waals surface area (Å²) in [7, 11) is 2.59. The molecule has 0 aliphatic carbocycles. The highest BCUT2D eigenvalue weighted by atomic mass is 19.4. The van der Waals surface area contributed by atoms with E-state index in [0.717, 1.165) is 12.1 Å². The van der Waals surface area contributed by atoms with Crippen LogP contribution < -0.4 is 14.8 Å². The van der Waals surface area contributed by atoms with Gasteiger partial charge in [0.1, 0.15) is 6.17 Å². The zero-order valence-electron chi connectivity index (χ0n) is 16.8. The van der Waals surface area contributed by atoms with Gasteiger partial charge in [-0.15, -0.1) is 0 Å². The summed E-state index contributed by atoms with van der Waals surface area (Å²) in [5, 5.41) is 2.37. The van der Waals surface area contributed by atoms with Crippen molar-refractivity contribution >= 4 is 17.5 Å². The first-order valence-electron chi connectivity index (χ1n) is 9.32. The van der Waals surface area contributed by atoms with Gasteiger partial charge >= 0.3 is 6.18 Å². The summed E-state index contributed by atoms with van der Waals surface area (Å²) in [6.07, 6.45) is -5.63. The van der Waals surface area contributed by atoms with E-state index in [2.05, 4.69) is 5.32 Å². The highest BCUT2D eigenvalue weighted by Gasteiger charge is 2.35. The second-order valence-electron chi connectivity index (χ2n) is 6.89. The summed E-state index contributed by atoms with van der Waals surface area (Å²) < 4.78 is 63.8. The van der Waals surface area contributed by atoms with Gasteiger partial charge in [-0.1, -0.05) is 12.1 Å². The highest BCUT2D eigenvalue weighted by molar-refractivity contribution is 6.07. The number of carbonyl (C=O) groups excluding carboxylic acids is 2. The Morgan fingerprint density at radius 3 is 2.42 bits per heavy atom. The van der Waals surface area contributed by atoms with Crippen LogP contribution in [0.3, 0.4) is 0 Å². The molecule has 1 aliphatic heterocycles. The fourth-order valence-electron chi connectivity index (χ4n) is 3.38. The zero-order valence-corrected chi connectivity index (χ0v) is 16.8. The number of anilines is 1. The summed E-state index contributed by atoms with van der Waals surface area (Å²) in [4.78, 5) is 26.7. The molecule has 1 N–H and O–H groups in total. The van der Waals surface area contributed by atoms with Crippen LogP contribution in [-0.4, -0.2) is 50.2 Å². The summed E-state index contributed by atoms with van der Waals surface area (Å²) in [5.74, 6) is -1.42. The Kier molecular flexibility index (Phi) is 6.37. The van der Waals surface area contributed by atoms with Crippen LogP contribution in [0.15, 0.2) is 36.4 Å². The first-order chi connectivity index (χ1) is 14.7. The third kappa shape index (κ3) is 4.73. The SMILES string of the molecule is COc1cc(C(=O)N2CC[C@H](F)C2)cc(NC(=O)c2ccccc2C(F)(F)F)c1OC. The Labute approximate surface area is 175 Å². The van der Waals surface area contributed by atoms with Gasteiger partial charge in [-0.25, -0.2) is 4.39 Å².